The van der Waals surface area contributed by atoms with Gasteiger partial charge in [-0.3, -0.25) is 4.79 Å². The molecule has 0 saturated heterocycles. The quantitative estimate of drug-likeness (QED) is 0.800. The van der Waals surface area contributed by atoms with Crippen LogP contribution in [0, 0.1) is 5.92 Å². The van der Waals surface area contributed by atoms with Crippen molar-refractivity contribution in [2.45, 2.75) is 51.5 Å². The van der Waals surface area contributed by atoms with Gasteiger partial charge in [0.1, 0.15) is 0 Å². The molecule has 2 nitrogen and oxygen atoms in total. The van der Waals surface area contributed by atoms with Gasteiger partial charge in [-0.1, -0.05) is 19.3 Å². The third kappa shape index (κ3) is 2.16. The Hall–Kier alpha value is -1.31. The van der Waals surface area contributed by atoms with E-state index < -0.39 is 0 Å². The second kappa shape index (κ2) is 4.75. The number of Topliss-reactive ketones (excluding diaryl/α,β-unsaturated/α-hetero) is 1. The lowest BCUT2D eigenvalue weighted by atomic mass is 9.83. The zero-order valence-corrected chi connectivity index (χ0v) is 11.0. The van der Waals surface area contributed by atoms with Gasteiger partial charge in [0.25, 0.3) is 0 Å². The number of carbonyl (C=O) groups excluding carboxylic acids is 1. The lowest BCUT2D eigenvalue weighted by molar-refractivity contribution is 0.0889. The summed E-state index contributed by atoms with van der Waals surface area (Å²) < 4.78 is 0. The van der Waals surface area contributed by atoms with E-state index in [2.05, 4.69) is 24.4 Å². The third-order valence-corrected chi connectivity index (χ3v) is 4.29. The Morgan fingerprint density at radius 2 is 2.00 bits per heavy atom. The topological polar surface area (TPSA) is 29.1 Å². The monoisotopic (exact) mass is 243 g/mol. The van der Waals surface area contributed by atoms with Crippen LogP contribution in [-0.2, 0) is 6.42 Å². The molecule has 0 aromatic heterocycles. The zero-order chi connectivity index (χ0) is 12.5. The van der Waals surface area contributed by atoms with E-state index in [9.17, 15) is 4.79 Å². The largest absolute Gasteiger partial charge is 0.382 e. The molecule has 1 aliphatic carbocycles. The van der Waals surface area contributed by atoms with Gasteiger partial charge in [-0.25, -0.2) is 0 Å². The van der Waals surface area contributed by atoms with Crippen molar-refractivity contribution in [1.29, 1.82) is 0 Å². The first-order chi connectivity index (χ1) is 8.74. The third-order valence-electron chi connectivity index (χ3n) is 4.29. The smallest absolute Gasteiger partial charge is 0.165 e. The molecule has 2 heteroatoms. The van der Waals surface area contributed by atoms with Crippen molar-refractivity contribution in [3.8, 4) is 0 Å². The average Bonchev–Trinajstić information content (AvgIpc) is 2.78. The summed E-state index contributed by atoms with van der Waals surface area (Å²) in [7, 11) is 0. The standard InChI is InChI=1S/C16H21NO/c1-11-9-14-10-13(7-8-15(14)17-11)16(18)12-5-3-2-4-6-12/h7-8,10-12,17H,2-6,9H2,1H3. The number of hydrogen-bond acceptors (Lipinski definition) is 2. The summed E-state index contributed by atoms with van der Waals surface area (Å²) >= 11 is 0. The summed E-state index contributed by atoms with van der Waals surface area (Å²) in [5.41, 5.74) is 3.45. The first-order valence-corrected chi connectivity index (χ1v) is 7.18. The minimum Gasteiger partial charge on any atom is -0.382 e. The number of hydrogen-bond donors (Lipinski definition) is 1. The molecule has 3 rings (SSSR count). The van der Waals surface area contributed by atoms with Crippen LogP contribution in [0.15, 0.2) is 18.2 Å². The predicted octanol–water partition coefficient (Wildman–Crippen LogP) is 3.81. The highest BCUT2D eigenvalue weighted by atomic mass is 16.1. The maximum Gasteiger partial charge on any atom is 0.165 e. The van der Waals surface area contributed by atoms with Crippen LogP contribution in [-0.4, -0.2) is 11.8 Å². The van der Waals surface area contributed by atoms with Crippen molar-refractivity contribution in [2.24, 2.45) is 5.92 Å². The second-order valence-corrected chi connectivity index (χ2v) is 5.82. The van der Waals surface area contributed by atoms with Crippen molar-refractivity contribution in [3.05, 3.63) is 29.3 Å². The van der Waals surface area contributed by atoms with Crippen LogP contribution in [0.25, 0.3) is 0 Å². The molecule has 1 N–H and O–H groups in total. The number of carbonyl (C=O) groups is 1. The molecule has 1 aliphatic heterocycles. The van der Waals surface area contributed by atoms with Crippen molar-refractivity contribution in [1.82, 2.24) is 0 Å². The molecule has 2 aliphatic rings. The average molecular weight is 243 g/mol. The summed E-state index contributed by atoms with van der Waals surface area (Å²) in [4.78, 5) is 12.5. The Morgan fingerprint density at radius 3 is 2.78 bits per heavy atom. The minimum absolute atomic E-state index is 0.281. The fourth-order valence-corrected chi connectivity index (χ4v) is 3.30. The number of fused-ring (bicyclic) bond motifs is 1. The Morgan fingerprint density at radius 1 is 1.22 bits per heavy atom. The molecular formula is C16H21NO. The van der Waals surface area contributed by atoms with Crippen LogP contribution in [0.4, 0.5) is 5.69 Å². The molecule has 96 valence electrons. The van der Waals surface area contributed by atoms with Gasteiger partial charge in [0.05, 0.1) is 0 Å². The molecule has 0 amide bonds. The van der Waals surface area contributed by atoms with E-state index in [1.54, 1.807) is 0 Å². The predicted molar refractivity (Wildman–Crippen MR) is 74.1 cm³/mol. The molecule has 0 spiro atoms. The van der Waals surface area contributed by atoms with E-state index in [1.165, 1.54) is 30.5 Å². The van der Waals surface area contributed by atoms with E-state index >= 15 is 0 Å². The molecule has 1 fully saturated rings. The molecule has 0 bridgehead atoms. The number of rotatable bonds is 2. The van der Waals surface area contributed by atoms with Crippen molar-refractivity contribution in [3.63, 3.8) is 0 Å². The normalized spacial score (nSPS) is 23.5. The number of ketones is 1. The lowest BCUT2D eigenvalue weighted by Crippen LogP contribution is -2.17. The van der Waals surface area contributed by atoms with Crippen LogP contribution < -0.4 is 5.32 Å². The summed E-state index contributed by atoms with van der Waals surface area (Å²) in [5, 5.41) is 3.43. The number of anilines is 1. The number of benzene rings is 1. The van der Waals surface area contributed by atoms with E-state index in [0.717, 1.165) is 24.8 Å². The van der Waals surface area contributed by atoms with Gasteiger partial charge in [-0.05, 0) is 49.9 Å². The molecule has 1 aromatic carbocycles. The van der Waals surface area contributed by atoms with Gasteiger partial charge in [0.2, 0.25) is 0 Å². The lowest BCUT2D eigenvalue weighted by Gasteiger charge is -2.20. The van der Waals surface area contributed by atoms with E-state index in [-0.39, 0.29) is 5.92 Å². The molecule has 1 saturated carbocycles. The van der Waals surface area contributed by atoms with Crippen molar-refractivity contribution >= 4 is 11.5 Å². The highest BCUT2D eigenvalue weighted by Gasteiger charge is 2.24. The van der Waals surface area contributed by atoms with Gasteiger partial charge in [-0.2, -0.15) is 0 Å². The molecule has 1 atom stereocenters. The van der Waals surface area contributed by atoms with Gasteiger partial charge >= 0.3 is 0 Å². The van der Waals surface area contributed by atoms with E-state index in [0.29, 0.717) is 11.8 Å². The second-order valence-electron chi connectivity index (χ2n) is 5.82. The summed E-state index contributed by atoms with van der Waals surface area (Å²) in [6.45, 7) is 2.18. The molecule has 1 unspecified atom stereocenters. The molecule has 1 aromatic rings. The Kier molecular flexibility index (Phi) is 3.11. The maximum absolute atomic E-state index is 12.5. The Labute approximate surface area is 109 Å². The van der Waals surface area contributed by atoms with Gasteiger partial charge < -0.3 is 5.32 Å². The van der Waals surface area contributed by atoms with Gasteiger partial charge in [0.15, 0.2) is 5.78 Å². The molecule has 1 heterocycles. The molecular weight excluding hydrogens is 222 g/mol. The van der Waals surface area contributed by atoms with Crippen LogP contribution in [0.5, 0.6) is 0 Å². The van der Waals surface area contributed by atoms with Crippen molar-refractivity contribution in [2.75, 3.05) is 5.32 Å². The Bertz CT molecular complexity index is 460. The Balaban J connectivity index is 1.80. The molecule has 18 heavy (non-hydrogen) atoms. The summed E-state index contributed by atoms with van der Waals surface area (Å²) in [6.07, 6.45) is 6.96. The number of nitrogens with one attached hydrogen (secondary N) is 1. The van der Waals surface area contributed by atoms with Gasteiger partial charge in [-0.15, -0.1) is 0 Å². The molecule has 0 radical (unpaired) electrons. The fourth-order valence-electron chi connectivity index (χ4n) is 3.30. The van der Waals surface area contributed by atoms with Crippen LogP contribution in [0.2, 0.25) is 0 Å². The van der Waals surface area contributed by atoms with Crippen LogP contribution in [0.3, 0.4) is 0 Å². The van der Waals surface area contributed by atoms with Gasteiger partial charge in [0, 0.05) is 23.2 Å². The SMILES string of the molecule is CC1Cc2cc(C(=O)C3CCCCC3)ccc2N1. The van der Waals surface area contributed by atoms with Crippen molar-refractivity contribution < 1.29 is 4.79 Å². The first kappa shape index (κ1) is 11.8. The maximum atomic E-state index is 12.5. The highest BCUT2D eigenvalue weighted by molar-refractivity contribution is 5.98. The minimum atomic E-state index is 0.281. The highest BCUT2D eigenvalue weighted by Crippen LogP contribution is 2.30. The first-order valence-electron chi connectivity index (χ1n) is 7.18. The zero-order valence-electron chi connectivity index (χ0n) is 11.0. The van der Waals surface area contributed by atoms with Crippen LogP contribution >= 0.6 is 0 Å². The summed E-state index contributed by atoms with van der Waals surface area (Å²) in [6, 6.07) is 6.69. The van der Waals surface area contributed by atoms with Crippen LogP contribution in [0.1, 0.15) is 54.9 Å². The van der Waals surface area contributed by atoms with E-state index in [4.69, 9.17) is 0 Å². The fraction of sp³-hybridized carbons (Fsp3) is 0.562. The van der Waals surface area contributed by atoms with E-state index in [1.807, 2.05) is 6.07 Å². The summed E-state index contributed by atoms with van der Waals surface area (Å²) in [5.74, 6) is 0.653.